The summed E-state index contributed by atoms with van der Waals surface area (Å²) in [5.74, 6) is -0.850. The summed E-state index contributed by atoms with van der Waals surface area (Å²) < 4.78 is 15.5. The van der Waals surface area contributed by atoms with E-state index >= 15 is 0 Å². The summed E-state index contributed by atoms with van der Waals surface area (Å²) in [6, 6.07) is 10.8. The van der Waals surface area contributed by atoms with Crippen LogP contribution in [0.25, 0.3) is 0 Å². The first-order valence-electron chi connectivity index (χ1n) is 9.89. The number of aryl methyl sites for hydroxylation is 2. The molecule has 1 aliphatic rings. The van der Waals surface area contributed by atoms with Crippen molar-refractivity contribution < 1.29 is 28.6 Å². The first-order valence-corrected chi connectivity index (χ1v) is 9.89. The Kier molecular flexibility index (Phi) is 6.79. The van der Waals surface area contributed by atoms with Crippen LogP contribution in [0.1, 0.15) is 17.5 Å². The molecule has 0 bridgehead atoms. The van der Waals surface area contributed by atoms with Gasteiger partial charge in [0, 0.05) is 24.7 Å². The molecule has 0 unspecified atom stereocenters. The van der Waals surface area contributed by atoms with Gasteiger partial charge in [0.25, 0.3) is 5.91 Å². The van der Waals surface area contributed by atoms with Gasteiger partial charge in [0.15, 0.2) is 6.61 Å². The minimum absolute atomic E-state index is 0.0535. The monoisotopic (exact) mass is 426 g/mol. The maximum Gasteiger partial charge on any atom is 0.311 e. The SMILES string of the molecule is COc1ccc(OC)c(NC(=O)COC(=O)[C@H]2CC(=O)N(c3c(C)cccc3C)C2)c1. The van der Waals surface area contributed by atoms with Gasteiger partial charge in [0.05, 0.1) is 25.8 Å². The van der Waals surface area contributed by atoms with E-state index < -0.39 is 24.4 Å². The summed E-state index contributed by atoms with van der Waals surface area (Å²) in [6.07, 6.45) is 0.0535. The van der Waals surface area contributed by atoms with Crippen LogP contribution in [-0.2, 0) is 19.1 Å². The average molecular weight is 426 g/mol. The molecule has 31 heavy (non-hydrogen) atoms. The van der Waals surface area contributed by atoms with Gasteiger partial charge in [-0.15, -0.1) is 0 Å². The third-order valence-electron chi connectivity index (χ3n) is 5.19. The highest BCUT2D eigenvalue weighted by Gasteiger charge is 2.37. The molecule has 8 heteroatoms. The van der Waals surface area contributed by atoms with Gasteiger partial charge < -0.3 is 24.4 Å². The molecule has 8 nitrogen and oxygen atoms in total. The van der Waals surface area contributed by atoms with Crippen molar-refractivity contribution in [1.29, 1.82) is 0 Å². The minimum atomic E-state index is -0.620. The van der Waals surface area contributed by atoms with Crippen LogP contribution in [0.4, 0.5) is 11.4 Å². The van der Waals surface area contributed by atoms with Crippen LogP contribution in [-0.4, -0.2) is 45.2 Å². The van der Waals surface area contributed by atoms with Gasteiger partial charge in [-0.2, -0.15) is 0 Å². The van der Waals surface area contributed by atoms with Gasteiger partial charge >= 0.3 is 5.97 Å². The Hall–Kier alpha value is -3.55. The number of benzene rings is 2. The van der Waals surface area contributed by atoms with E-state index in [9.17, 15) is 14.4 Å². The molecule has 2 aromatic carbocycles. The first-order chi connectivity index (χ1) is 14.8. The minimum Gasteiger partial charge on any atom is -0.497 e. The van der Waals surface area contributed by atoms with Crippen LogP contribution in [0.5, 0.6) is 11.5 Å². The van der Waals surface area contributed by atoms with E-state index in [1.807, 2.05) is 32.0 Å². The summed E-state index contributed by atoms with van der Waals surface area (Å²) in [7, 11) is 3.00. The number of rotatable bonds is 7. The second-order valence-corrected chi connectivity index (χ2v) is 7.37. The zero-order valence-electron chi connectivity index (χ0n) is 18.1. The van der Waals surface area contributed by atoms with Crippen molar-refractivity contribution in [3.05, 3.63) is 47.5 Å². The Morgan fingerprint density at radius 1 is 1.10 bits per heavy atom. The molecule has 1 fully saturated rings. The second-order valence-electron chi connectivity index (χ2n) is 7.37. The molecule has 0 radical (unpaired) electrons. The van der Waals surface area contributed by atoms with E-state index in [-0.39, 0.29) is 18.9 Å². The fourth-order valence-electron chi connectivity index (χ4n) is 3.67. The zero-order valence-corrected chi connectivity index (χ0v) is 18.1. The lowest BCUT2D eigenvalue weighted by Crippen LogP contribution is -2.29. The highest BCUT2D eigenvalue weighted by molar-refractivity contribution is 6.01. The average Bonchev–Trinajstić information content (AvgIpc) is 3.13. The predicted octanol–water partition coefficient (Wildman–Crippen LogP) is 2.86. The summed E-state index contributed by atoms with van der Waals surface area (Å²) >= 11 is 0. The Morgan fingerprint density at radius 2 is 1.81 bits per heavy atom. The van der Waals surface area contributed by atoms with E-state index in [0.717, 1.165) is 16.8 Å². The highest BCUT2D eigenvalue weighted by atomic mass is 16.5. The quantitative estimate of drug-likeness (QED) is 0.685. The number of hydrogen-bond donors (Lipinski definition) is 1. The summed E-state index contributed by atoms with van der Waals surface area (Å²) in [5, 5.41) is 2.64. The number of hydrogen-bond acceptors (Lipinski definition) is 6. The van der Waals surface area contributed by atoms with Gasteiger partial charge in [-0.25, -0.2) is 0 Å². The lowest BCUT2D eigenvalue weighted by atomic mass is 10.1. The molecule has 0 aliphatic carbocycles. The summed E-state index contributed by atoms with van der Waals surface area (Å²) in [6.45, 7) is 3.62. The lowest BCUT2D eigenvalue weighted by Gasteiger charge is -2.21. The number of esters is 1. The van der Waals surface area contributed by atoms with Gasteiger partial charge in [-0.05, 0) is 37.1 Å². The fraction of sp³-hybridized carbons (Fsp3) is 0.348. The van der Waals surface area contributed by atoms with Crippen LogP contribution >= 0.6 is 0 Å². The number of methoxy groups -OCH3 is 2. The maximum absolute atomic E-state index is 12.5. The van der Waals surface area contributed by atoms with Crippen LogP contribution in [0, 0.1) is 19.8 Å². The molecule has 0 saturated carbocycles. The number of nitrogens with zero attached hydrogens (tertiary/aromatic N) is 1. The number of carbonyl (C=O) groups excluding carboxylic acids is 3. The van der Waals surface area contributed by atoms with E-state index in [0.29, 0.717) is 17.2 Å². The molecule has 1 aliphatic heterocycles. The predicted molar refractivity (Wildman–Crippen MR) is 116 cm³/mol. The molecular weight excluding hydrogens is 400 g/mol. The van der Waals surface area contributed by atoms with E-state index in [1.54, 1.807) is 23.1 Å². The molecule has 2 aromatic rings. The molecule has 1 N–H and O–H groups in total. The Labute approximate surface area is 181 Å². The number of ether oxygens (including phenoxy) is 3. The summed E-state index contributed by atoms with van der Waals surface area (Å²) in [4.78, 5) is 38.9. The third-order valence-corrected chi connectivity index (χ3v) is 5.19. The number of carbonyl (C=O) groups is 3. The highest BCUT2D eigenvalue weighted by Crippen LogP contribution is 2.31. The van der Waals surface area contributed by atoms with Gasteiger partial charge in [-0.3, -0.25) is 14.4 Å². The van der Waals surface area contributed by atoms with Crippen LogP contribution in [0.15, 0.2) is 36.4 Å². The normalized spacial score (nSPS) is 15.5. The van der Waals surface area contributed by atoms with E-state index in [1.165, 1.54) is 14.2 Å². The van der Waals surface area contributed by atoms with Gasteiger partial charge in [-0.1, -0.05) is 18.2 Å². The van der Waals surface area contributed by atoms with Crippen molar-refractivity contribution in [1.82, 2.24) is 0 Å². The Morgan fingerprint density at radius 3 is 2.45 bits per heavy atom. The number of amides is 2. The zero-order chi connectivity index (χ0) is 22.5. The van der Waals surface area contributed by atoms with Crippen molar-refractivity contribution in [2.24, 2.45) is 5.92 Å². The molecule has 1 heterocycles. The Bertz CT molecular complexity index is 983. The molecule has 2 amide bonds. The molecule has 0 spiro atoms. The molecular formula is C23H26N2O6. The molecule has 1 saturated heterocycles. The number of nitrogens with one attached hydrogen (secondary N) is 1. The van der Waals surface area contributed by atoms with Crippen molar-refractivity contribution >= 4 is 29.2 Å². The molecule has 3 rings (SSSR count). The van der Waals surface area contributed by atoms with Crippen molar-refractivity contribution in [3.63, 3.8) is 0 Å². The van der Waals surface area contributed by atoms with Crippen LogP contribution < -0.4 is 19.7 Å². The van der Waals surface area contributed by atoms with Crippen LogP contribution in [0.3, 0.4) is 0 Å². The second kappa shape index (κ2) is 9.51. The van der Waals surface area contributed by atoms with E-state index in [2.05, 4.69) is 5.32 Å². The van der Waals surface area contributed by atoms with Crippen molar-refractivity contribution in [3.8, 4) is 11.5 Å². The number of anilines is 2. The standard InChI is InChI=1S/C23H26N2O6/c1-14-6-5-7-15(2)22(14)25-12-16(10-21(25)27)23(28)31-13-20(26)24-18-11-17(29-3)8-9-19(18)30-4/h5-9,11,16H,10,12-13H2,1-4H3,(H,24,26)/t16-/m0/s1. The van der Waals surface area contributed by atoms with Crippen molar-refractivity contribution in [2.45, 2.75) is 20.3 Å². The largest absolute Gasteiger partial charge is 0.497 e. The fourth-order valence-corrected chi connectivity index (χ4v) is 3.67. The smallest absolute Gasteiger partial charge is 0.311 e. The Balaban J connectivity index is 1.59. The van der Waals surface area contributed by atoms with Gasteiger partial charge in [0.1, 0.15) is 11.5 Å². The van der Waals surface area contributed by atoms with Crippen molar-refractivity contribution in [2.75, 3.05) is 37.6 Å². The lowest BCUT2D eigenvalue weighted by molar-refractivity contribution is -0.151. The molecule has 164 valence electrons. The topological polar surface area (TPSA) is 94.2 Å². The third kappa shape index (κ3) is 4.96. The van der Waals surface area contributed by atoms with Crippen LogP contribution in [0.2, 0.25) is 0 Å². The first kappa shape index (κ1) is 22.1. The number of para-hydroxylation sites is 1. The van der Waals surface area contributed by atoms with E-state index in [4.69, 9.17) is 14.2 Å². The molecule has 0 aromatic heterocycles. The molecule has 1 atom stereocenters. The van der Waals surface area contributed by atoms with Gasteiger partial charge in [0.2, 0.25) is 5.91 Å². The maximum atomic E-state index is 12.5. The summed E-state index contributed by atoms with van der Waals surface area (Å²) in [5.41, 5.74) is 3.16.